The SMILES string of the molecule is CCOCc1nc2c(N)nc(C)c(C)c2n1NCCCNC(=O)NC(C)C. The van der Waals surface area contributed by atoms with Crippen LogP contribution in [0.4, 0.5) is 10.6 Å². The Hall–Kier alpha value is -2.55. The minimum atomic E-state index is -0.152. The fourth-order valence-corrected chi connectivity index (χ4v) is 2.73. The van der Waals surface area contributed by atoms with Gasteiger partial charge in [0.1, 0.15) is 12.1 Å². The number of carbonyl (C=O) groups is 1. The number of nitrogens with zero attached hydrogens (tertiary/aromatic N) is 3. The van der Waals surface area contributed by atoms with Gasteiger partial charge in [-0.1, -0.05) is 0 Å². The lowest BCUT2D eigenvalue weighted by Gasteiger charge is -2.15. The Balaban J connectivity index is 2.10. The number of pyridine rings is 1. The molecule has 2 amide bonds. The first kappa shape index (κ1) is 20.8. The van der Waals surface area contributed by atoms with Crippen LogP contribution in [0.1, 0.15) is 44.3 Å². The van der Waals surface area contributed by atoms with Crippen molar-refractivity contribution in [3.05, 3.63) is 17.1 Å². The molecule has 0 saturated heterocycles. The molecule has 0 bridgehead atoms. The maximum atomic E-state index is 11.6. The van der Waals surface area contributed by atoms with Gasteiger partial charge in [0.2, 0.25) is 0 Å². The van der Waals surface area contributed by atoms with E-state index in [0.717, 1.165) is 29.0 Å². The minimum absolute atomic E-state index is 0.117. The molecule has 2 aromatic heterocycles. The summed E-state index contributed by atoms with van der Waals surface area (Å²) in [6.07, 6.45) is 0.762. The van der Waals surface area contributed by atoms with Crippen LogP contribution in [-0.4, -0.2) is 46.4 Å². The number of fused-ring (bicyclic) bond motifs is 1. The van der Waals surface area contributed by atoms with Crippen LogP contribution in [0.15, 0.2) is 0 Å². The number of anilines is 1. The van der Waals surface area contributed by atoms with E-state index in [-0.39, 0.29) is 12.1 Å². The number of ether oxygens (including phenoxy) is 1. The lowest BCUT2D eigenvalue weighted by molar-refractivity contribution is 0.127. The molecule has 0 aliphatic carbocycles. The highest BCUT2D eigenvalue weighted by Crippen LogP contribution is 2.25. The molecule has 5 N–H and O–H groups in total. The van der Waals surface area contributed by atoms with Gasteiger partial charge in [-0.05, 0) is 46.6 Å². The molecule has 150 valence electrons. The van der Waals surface area contributed by atoms with E-state index in [1.165, 1.54) is 0 Å². The predicted octanol–water partition coefficient (Wildman–Crippen LogP) is 1.81. The molecule has 9 nitrogen and oxygen atoms in total. The predicted molar refractivity (Wildman–Crippen MR) is 107 cm³/mol. The van der Waals surface area contributed by atoms with Crippen LogP contribution in [0.2, 0.25) is 0 Å². The van der Waals surface area contributed by atoms with Gasteiger partial charge < -0.3 is 26.5 Å². The summed E-state index contributed by atoms with van der Waals surface area (Å²) in [6, 6.07) is -0.0349. The lowest BCUT2D eigenvalue weighted by Crippen LogP contribution is -2.40. The fourth-order valence-electron chi connectivity index (χ4n) is 2.73. The number of nitrogens with one attached hydrogen (secondary N) is 3. The number of amides is 2. The summed E-state index contributed by atoms with van der Waals surface area (Å²) in [5.41, 5.74) is 12.9. The maximum Gasteiger partial charge on any atom is 0.314 e. The Morgan fingerprint density at radius 1 is 1.26 bits per heavy atom. The second-order valence-electron chi connectivity index (χ2n) is 6.72. The molecule has 0 aromatic carbocycles. The maximum absolute atomic E-state index is 11.6. The quantitative estimate of drug-likeness (QED) is 0.495. The van der Waals surface area contributed by atoms with E-state index >= 15 is 0 Å². The van der Waals surface area contributed by atoms with Crippen molar-refractivity contribution in [2.45, 2.75) is 53.7 Å². The number of nitrogens with two attached hydrogens (primary N) is 1. The van der Waals surface area contributed by atoms with Crippen LogP contribution in [0, 0.1) is 13.8 Å². The van der Waals surface area contributed by atoms with E-state index in [0.29, 0.717) is 37.6 Å². The van der Waals surface area contributed by atoms with Crippen molar-refractivity contribution in [3.8, 4) is 0 Å². The number of carbonyl (C=O) groups excluding carboxylic acids is 1. The summed E-state index contributed by atoms with van der Waals surface area (Å²) < 4.78 is 7.48. The monoisotopic (exact) mass is 377 g/mol. The Kier molecular flexibility index (Phi) is 7.23. The molecule has 0 atom stereocenters. The third-order valence-electron chi connectivity index (χ3n) is 4.14. The van der Waals surface area contributed by atoms with Crippen LogP contribution in [-0.2, 0) is 11.3 Å². The zero-order chi connectivity index (χ0) is 20.0. The third kappa shape index (κ3) is 5.22. The molecule has 0 spiro atoms. The molecule has 0 aliphatic rings. The molecule has 9 heteroatoms. The zero-order valence-corrected chi connectivity index (χ0v) is 16.8. The summed E-state index contributed by atoms with van der Waals surface area (Å²) in [6.45, 7) is 11.9. The average molecular weight is 377 g/mol. The minimum Gasteiger partial charge on any atom is -0.382 e. The molecule has 0 radical (unpaired) electrons. The summed E-state index contributed by atoms with van der Waals surface area (Å²) in [5, 5.41) is 5.64. The topological polar surface area (TPSA) is 119 Å². The van der Waals surface area contributed by atoms with E-state index in [4.69, 9.17) is 10.5 Å². The molecule has 0 aliphatic heterocycles. The first-order chi connectivity index (χ1) is 12.8. The lowest BCUT2D eigenvalue weighted by atomic mass is 10.2. The van der Waals surface area contributed by atoms with Crippen LogP contribution in [0.3, 0.4) is 0 Å². The Morgan fingerprint density at radius 2 is 2.00 bits per heavy atom. The molecule has 0 saturated carbocycles. The second kappa shape index (κ2) is 9.40. The van der Waals surface area contributed by atoms with Gasteiger partial charge in [0.05, 0.1) is 5.52 Å². The summed E-state index contributed by atoms with van der Waals surface area (Å²) >= 11 is 0. The molecule has 2 aromatic rings. The average Bonchev–Trinajstić information content (AvgIpc) is 2.96. The van der Waals surface area contributed by atoms with Gasteiger partial charge in [-0.3, -0.25) is 0 Å². The number of urea groups is 1. The highest BCUT2D eigenvalue weighted by atomic mass is 16.5. The third-order valence-corrected chi connectivity index (χ3v) is 4.14. The van der Waals surface area contributed by atoms with Crippen molar-refractivity contribution in [3.63, 3.8) is 0 Å². The molecule has 2 heterocycles. The van der Waals surface area contributed by atoms with Gasteiger partial charge in [-0.25, -0.2) is 19.4 Å². The van der Waals surface area contributed by atoms with Crippen molar-refractivity contribution >= 4 is 22.9 Å². The largest absolute Gasteiger partial charge is 0.382 e. The highest BCUT2D eigenvalue weighted by molar-refractivity contribution is 5.88. The highest BCUT2D eigenvalue weighted by Gasteiger charge is 2.17. The molecule has 27 heavy (non-hydrogen) atoms. The van der Waals surface area contributed by atoms with Crippen molar-refractivity contribution in [1.82, 2.24) is 25.3 Å². The standard InChI is InChI=1S/C18H31N7O2/c1-6-27-10-14-24-15-16(12(4)13(5)23-17(15)19)25(14)21-9-7-8-20-18(26)22-11(2)3/h11,21H,6-10H2,1-5H3,(H2,19,23)(H2,20,22,26). The molecular weight excluding hydrogens is 346 g/mol. The van der Waals surface area contributed by atoms with Gasteiger partial charge in [0, 0.05) is 31.4 Å². The van der Waals surface area contributed by atoms with Gasteiger partial charge in [0.15, 0.2) is 11.6 Å². The number of aromatic nitrogens is 3. The molecular formula is C18H31N7O2. The van der Waals surface area contributed by atoms with E-state index in [1.807, 2.05) is 39.3 Å². The van der Waals surface area contributed by atoms with Gasteiger partial charge in [0.25, 0.3) is 0 Å². The zero-order valence-electron chi connectivity index (χ0n) is 16.8. The number of rotatable bonds is 9. The first-order valence-electron chi connectivity index (χ1n) is 9.35. The van der Waals surface area contributed by atoms with E-state index < -0.39 is 0 Å². The van der Waals surface area contributed by atoms with Gasteiger partial charge >= 0.3 is 6.03 Å². The van der Waals surface area contributed by atoms with Gasteiger partial charge in [-0.2, -0.15) is 0 Å². The smallest absolute Gasteiger partial charge is 0.314 e. The number of hydrogen-bond donors (Lipinski definition) is 4. The van der Waals surface area contributed by atoms with E-state index in [1.54, 1.807) is 0 Å². The van der Waals surface area contributed by atoms with Gasteiger partial charge in [-0.15, -0.1) is 0 Å². The Bertz CT molecular complexity index is 786. The molecule has 0 unspecified atom stereocenters. The van der Waals surface area contributed by atoms with Crippen LogP contribution in [0.25, 0.3) is 11.0 Å². The number of aryl methyl sites for hydroxylation is 2. The fraction of sp³-hybridized carbons (Fsp3) is 0.611. The molecule has 2 rings (SSSR count). The van der Waals surface area contributed by atoms with E-state index in [9.17, 15) is 4.79 Å². The van der Waals surface area contributed by atoms with Crippen molar-refractivity contribution in [1.29, 1.82) is 0 Å². The Morgan fingerprint density at radius 3 is 2.67 bits per heavy atom. The normalized spacial score (nSPS) is 11.2. The first-order valence-corrected chi connectivity index (χ1v) is 9.35. The van der Waals surface area contributed by atoms with E-state index in [2.05, 4.69) is 26.0 Å². The summed E-state index contributed by atoms with van der Waals surface area (Å²) in [4.78, 5) is 20.6. The van der Waals surface area contributed by atoms with Crippen molar-refractivity contribution in [2.24, 2.45) is 0 Å². The number of imidazole rings is 1. The number of nitrogen functional groups attached to an aromatic ring is 1. The number of hydrogen-bond acceptors (Lipinski definition) is 6. The van der Waals surface area contributed by atoms with Crippen LogP contribution < -0.4 is 21.8 Å². The summed E-state index contributed by atoms with van der Waals surface area (Å²) in [5.74, 6) is 1.16. The van der Waals surface area contributed by atoms with Crippen LogP contribution >= 0.6 is 0 Å². The summed E-state index contributed by atoms with van der Waals surface area (Å²) in [7, 11) is 0. The molecule has 0 fully saturated rings. The van der Waals surface area contributed by atoms with Crippen molar-refractivity contribution in [2.75, 3.05) is 30.9 Å². The second-order valence-corrected chi connectivity index (χ2v) is 6.72. The Labute approximate surface area is 160 Å². The van der Waals surface area contributed by atoms with Crippen LogP contribution in [0.5, 0.6) is 0 Å². The van der Waals surface area contributed by atoms with Crippen molar-refractivity contribution < 1.29 is 9.53 Å².